The normalized spacial score (nSPS) is 22.7. The third-order valence-corrected chi connectivity index (χ3v) is 7.73. The van der Waals surface area contributed by atoms with Gasteiger partial charge in [-0.1, -0.05) is 0 Å². The van der Waals surface area contributed by atoms with Crippen molar-refractivity contribution >= 4 is 18.1 Å². The zero-order valence-corrected chi connectivity index (χ0v) is 25.7. The lowest BCUT2D eigenvalue weighted by Crippen LogP contribution is -2.65. The van der Waals surface area contributed by atoms with Gasteiger partial charge in [0.15, 0.2) is 0 Å². The van der Waals surface area contributed by atoms with E-state index >= 15 is 0 Å². The van der Waals surface area contributed by atoms with E-state index < -0.39 is 34.9 Å². The van der Waals surface area contributed by atoms with E-state index in [4.69, 9.17) is 18.9 Å². The first-order valence-electron chi connectivity index (χ1n) is 14.6. The maximum absolute atomic E-state index is 12.8. The summed E-state index contributed by atoms with van der Waals surface area (Å²) in [7, 11) is 0. The molecule has 4 saturated heterocycles. The molecule has 3 amide bonds. The van der Waals surface area contributed by atoms with Crippen molar-refractivity contribution in [1.29, 1.82) is 0 Å². The second-order valence-electron chi connectivity index (χ2n) is 13.4. The number of hydrogen-bond donors (Lipinski definition) is 1. The monoisotopic (exact) mass is 608 g/mol. The SMILES string of the molecule is CC(C)(C)OC(=O)N1CCC2(CC1)COCCN2.CC(C)(C)OC(=O)N1CCC2(CC1)COCCN2C(=O)C(F)(F)F. The first kappa shape index (κ1) is 34.2. The molecule has 0 radical (unpaired) electrons. The molecule has 4 aliphatic heterocycles. The van der Waals surface area contributed by atoms with Crippen molar-refractivity contribution in [2.45, 2.75) is 95.7 Å². The van der Waals surface area contributed by atoms with Gasteiger partial charge in [-0.05, 0) is 67.2 Å². The van der Waals surface area contributed by atoms with Gasteiger partial charge < -0.3 is 39.0 Å². The number of halogens is 3. The number of nitrogens with one attached hydrogen (secondary N) is 1. The van der Waals surface area contributed by atoms with E-state index in [2.05, 4.69) is 5.32 Å². The highest BCUT2D eigenvalue weighted by molar-refractivity contribution is 5.83. The second-order valence-corrected chi connectivity index (χ2v) is 13.4. The third kappa shape index (κ3) is 9.34. The highest BCUT2D eigenvalue weighted by Crippen LogP contribution is 2.35. The number of alkyl halides is 3. The highest BCUT2D eigenvalue weighted by atomic mass is 19.4. The fourth-order valence-corrected chi connectivity index (χ4v) is 5.52. The molecule has 42 heavy (non-hydrogen) atoms. The molecule has 0 saturated carbocycles. The Balaban J connectivity index is 0.000000240. The molecule has 0 unspecified atom stereocenters. The van der Waals surface area contributed by atoms with Crippen LogP contribution in [0.1, 0.15) is 67.2 Å². The molecule has 0 aliphatic carbocycles. The molecule has 0 aromatic rings. The van der Waals surface area contributed by atoms with Gasteiger partial charge in [-0.2, -0.15) is 13.2 Å². The second kappa shape index (κ2) is 13.1. The number of carbonyl (C=O) groups excluding carboxylic acids is 3. The third-order valence-electron chi connectivity index (χ3n) is 7.73. The van der Waals surface area contributed by atoms with Gasteiger partial charge in [-0.25, -0.2) is 9.59 Å². The summed E-state index contributed by atoms with van der Waals surface area (Å²) in [5.41, 5.74) is -1.99. The van der Waals surface area contributed by atoms with E-state index in [1.807, 2.05) is 20.8 Å². The fraction of sp³-hybridized carbons (Fsp3) is 0.893. The van der Waals surface area contributed by atoms with Gasteiger partial charge in [-0.3, -0.25) is 4.79 Å². The van der Waals surface area contributed by atoms with E-state index in [1.54, 1.807) is 25.7 Å². The van der Waals surface area contributed by atoms with Crippen molar-refractivity contribution in [2.24, 2.45) is 0 Å². The molecule has 0 aromatic heterocycles. The molecule has 1 N–H and O–H groups in total. The highest BCUT2D eigenvalue weighted by Gasteiger charge is 2.52. The van der Waals surface area contributed by atoms with Crippen LogP contribution in [0.4, 0.5) is 22.8 Å². The van der Waals surface area contributed by atoms with Crippen molar-refractivity contribution in [3.05, 3.63) is 0 Å². The minimum Gasteiger partial charge on any atom is -0.444 e. The largest absolute Gasteiger partial charge is 0.471 e. The smallest absolute Gasteiger partial charge is 0.444 e. The van der Waals surface area contributed by atoms with Crippen LogP contribution in [0.15, 0.2) is 0 Å². The molecule has 4 rings (SSSR count). The van der Waals surface area contributed by atoms with E-state index in [1.165, 1.54) is 4.90 Å². The lowest BCUT2D eigenvalue weighted by molar-refractivity contribution is -0.202. The minimum absolute atomic E-state index is 0.0526. The first-order valence-corrected chi connectivity index (χ1v) is 14.6. The number of morpholine rings is 2. The number of likely N-dealkylation sites (tertiary alicyclic amines) is 2. The van der Waals surface area contributed by atoms with Crippen LogP contribution in [0.2, 0.25) is 0 Å². The summed E-state index contributed by atoms with van der Waals surface area (Å²) in [5, 5.41) is 3.54. The maximum Gasteiger partial charge on any atom is 0.471 e. The molecule has 0 aromatic carbocycles. The van der Waals surface area contributed by atoms with Crippen molar-refractivity contribution in [3.8, 4) is 0 Å². The van der Waals surface area contributed by atoms with Gasteiger partial charge in [0.1, 0.15) is 11.2 Å². The predicted octanol–water partition coefficient (Wildman–Crippen LogP) is 3.55. The molecule has 4 heterocycles. The fourth-order valence-electron chi connectivity index (χ4n) is 5.52. The zero-order valence-electron chi connectivity index (χ0n) is 25.7. The Morgan fingerprint density at radius 1 is 0.714 bits per heavy atom. The Hall–Kier alpha value is -2.32. The number of nitrogens with zero attached hydrogens (tertiary/aromatic N) is 3. The average Bonchev–Trinajstić information content (AvgIpc) is 2.88. The van der Waals surface area contributed by atoms with Gasteiger partial charge in [0.05, 0.1) is 32.0 Å². The minimum atomic E-state index is -4.91. The van der Waals surface area contributed by atoms with Gasteiger partial charge >= 0.3 is 24.3 Å². The van der Waals surface area contributed by atoms with Gasteiger partial charge in [-0.15, -0.1) is 0 Å². The summed E-state index contributed by atoms with van der Waals surface area (Å²) in [6.45, 7) is 15.3. The number of amides is 3. The van der Waals surface area contributed by atoms with Crippen molar-refractivity contribution in [1.82, 2.24) is 20.0 Å². The molecule has 0 atom stereocenters. The van der Waals surface area contributed by atoms with Gasteiger partial charge in [0.25, 0.3) is 0 Å². The number of piperidine rings is 2. The van der Waals surface area contributed by atoms with E-state index in [0.717, 1.165) is 50.6 Å². The molecule has 2 spiro atoms. The average molecular weight is 609 g/mol. The predicted molar refractivity (Wildman–Crippen MR) is 147 cm³/mol. The summed E-state index contributed by atoms with van der Waals surface area (Å²) < 4.78 is 60.1. The van der Waals surface area contributed by atoms with Crippen LogP contribution < -0.4 is 5.32 Å². The summed E-state index contributed by atoms with van der Waals surface area (Å²) in [6.07, 6.45) is -3.27. The van der Waals surface area contributed by atoms with Crippen LogP contribution in [0.25, 0.3) is 0 Å². The van der Waals surface area contributed by atoms with E-state index in [9.17, 15) is 27.6 Å². The van der Waals surface area contributed by atoms with Crippen LogP contribution in [-0.4, -0.2) is 127 Å². The van der Waals surface area contributed by atoms with Crippen LogP contribution in [0.3, 0.4) is 0 Å². The Morgan fingerprint density at radius 3 is 1.62 bits per heavy atom. The topological polar surface area (TPSA) is 110 Å². The maximum atomic E-state index is 12.8. The summed E-state index contributed by atoms with van der Waals surface area (Å²) in [6, 6.07) is 0. The number of ether oxygens (including phenoxy) is 4. The van der Waals surface area contributed by atoms with Crippen molar-refractivity contribution in [2.75, 3.05) is 65.7 Å². The summed E-state index contributed by atoms with van der Waals surface area (Å²) in [5.74, 6) is -1.84. The Bertz CT molecular complexity index is 941. The van der Waals surface area contributed by atoms with Crippen LogP contribution >= 0.6 is 0 Å². The van der Waals surface area contributed by atoms with Crippen molar-refractivity contribution in [3.63, 3.8) is 0 Å². The first-order chi connectivity index (χ1) is 19.3. The standard InChI is InChI=1S/C15H23F3N2O4.C13H24N2O3/c1-13(2,3)24-12(22)19-6-4-14(5-7-19)10-23-9-8-20(14)11(21)15(16,17)18;1-12(2,3)18-11(16)15-7-4-13(5-8-15)10-17-9-6-14-13/h4-10H2,1-3H3;14H,4-10H2,1-3H3. The molecular weight excluding hydrogens is 561 g/mol. The van der Waals surface area contributed by atoms with Crippen LogP contribution in [0, 0.1) is 0 Å². The van der Waals surface area contributed by atoms with Crippen LogP contribution in [-0.2, 0) is 23.7 Å². The number of hydrogen-bond acceptors (Lipinski definition) is 8. The van der Waals surface area contributed by atoms with E-state index in [0.29, 0.717) is 0 Å². The van der Waals surface area contributed by atoms with Crippen LogP contribution in [0.5, 0.6) is 0 Å². The number of carbonyl (C=O) groups is 3. The lowest BCUT2D eigenvalue weighted by Gasteiger charge is -2.50. The Kier molecular flexibility index (Phi) is 10.7. The van der Waals surface area contributed by atoms with Gasteiger partial charge in [0, 0.05) is 44.8 Å². The molecule has 4 aliphatic rings. The zero-order chi connectivity index (χ0) is 31.4. The summed E-state index contributed by atoms with van der Waals surface area (Å²) in [4.78, 5) is 39.9. The van der Waals surface area contributed by atoms with E-state index in [-0.39, 0.29) is 57.3 Å². The molecule has 14 heteroatoms. The lowest BCUT2D eigenvalue weighted by atomic mass is 9.85. The van der Waals surface area contributed by atoms with Crippen molar-refractivity contribution < 1.29 is 46.5 Å². The molecular formula is C28H47F3N4O7. The molecule has 0 bridgehead atoms. The molecule has 11 nitrogen and oxygen atoms in total. The number of rotatable bonds is 0. The quantitative estimate of drug-likeness (QED) is 0.445. The van der Waals surface area contributed by atoms with Gasteiger partial charge in [0.2, 0.25) is 0 Å². The summed E-state index contributed by atoms with van der Waals surface area (Å²) >= 11 is 0. The molecule has 242 valence electrons. The Labute approximate surface area is 246 Å². The Morgan fingerprint density at radius 2 is 1.19 bits per heavy atom. The molecule has 4 fully saturated rings.